The predicted molar refractivity (Wildman–Crippen MR) is 63.8 cm³/mol. The van der Waals surface area contributed by atoms with Crippen molar-refractivity contribution >= 4 is 11.6 Å². The number of anilines is 1. The summed E-state index contributed by atoms with van der Waals surface area (Å²) in [4.78, 5) is 17.3. The highest BCUT2D eigenvalue weighted by atomic mass is 16.2. The van der Waals surface area contributed by atoms with Gasteiger partial charge < -0.3 is 10.6 Å². The highest BCUT2D eigenvalue weighted by molar-refractivity contribution is 5.91. The molecule has 0 aliphatic heterocycles. The normalized spacial score (nSPS) is 10.2. The highest BCUT2D eigenvalue weighted by Crippen LogP contribution is 2.09. The average Bonchev–Trinajstić information content (AvgIpc) is 2.77. The molecule has 2 aromatic rings. The summed E-state index contributed by atoms with van der Waals surface area (Å²) in [5.41, 5.74) is 6.63. The number of nitrogens with two attached hydrogens (primary N) is 1. The van der Waals surface area contributed by atoms with E-state index >= 15 is 0 Å². The van der Waals surface area contributed by atoms with Crippen molar-refractivity contribution in [3.63, 3.8) is 0 Å². The molecular weight excluding hydrogens is 218 g/mol. The van der Waals surface area contributed by atoms with Crippen molar-refractivity contribution < 1.29 is 4.79 Å². The van der Waals surface area contributed by atoms with Gasteiger partial charge in [-0.1, -0.05) is 0 Å². The van der Waals surface area contributed by atoms with Gasteiger partial charge in [0.05, 0.1) is 0 Å². The zero-order valence-electron chi connectivity index (χ0n) is 9.66. The molecule has 0 spiro atoms. The van der Waals surface area contributed by atoms with Gasteiger partial charge in [0, 0.05) is 38.2 Å². The fraction of sp³-hybridized carbons (Fsp3) is 0.182. The predicted octanol–water partition coefficient (Wildman–Crippen LogP) is 0.551. The molecule has 0 aliphatic carbocycles. The molecule has 0 radical (unpaired) electrons. The number of hydrogen-bond acceptors (Lipinski definition) is 4. The molecule has 6 nitrogen and oxygen atoms in total. The quantitative estimate of drug-likeness (QED) is 0.818. The summed E-state index contributed by atoms with van der Waals surface area (Å²) in [5.74, 6) is 0.440. The molecule has 0 saturated carbocycles. The molecule has 2 N–H and O–H groups in total. The Labute approximate surface area is 98.7 Å². The van der Waals surface area contributed by atoms with Crippen LogP contribution in [0.5, 0.6) is 0 Å². The average molecular weight is 231 g/mol. The van der Waals surface area contributed by atoms with E-state index in [-0.39, 0.29) is 5.91 Å². The Morgan fingerprint density at radius 1 is 1.41 bits per heavy atom. The molecule has 17 heavy (non-hydrogen) atoms. The molecule has 6 heteroatoms. The second-order valence-corrected chi connectivity index (χ2v) is 3.79. The molecule has 2 heterocycles. The first kappa shape index (κ1) is 11.1. The molecule has 0 aromatic carbocycles. The first-order valence-corrected chi connectivity index (χ1v) is 5.07. The van der Waals surface area contributed by atoms with Gasteiger partial charge in [-0.25, -0.2) is 9.67 Å². The van der Waals surface area contributed by atoms with Gasteiger partial charge in [-0.2, -0.15) is 5.10 Å². The number of carbonyl (C=O) groups is 1. The van der Waals surface area contributed by atoms with Crippen LogP contribution < -0.4 is 5.73 Å². The van der Waals surface area contributed by atoms with E-state index in [0.29, 0.717) is 17.2 Å². The standard InChI is InChI=1S/C11H13N5O/c1-15(2)11(17)9-4-6-16(14-9)10-7-8(12)3-5-13-10/h3-7H,1-2H3,(H2,12,13). The lowest BCUT2D eigenvalue weighted by Gasteiger charge is -2.06. The monoisotopic (exact) mass is 231 g/mol. The van der Waals surface area contributed by atoms with Crippen LogP contribution >= 0.6 is 0 Å². The molecule has 0 fully saturated rings. The zero-order valence-corrected chi connectivity index (χ0v) is 9.66. The van der Waals surface area contributed by atoms with Crippen molar-refractivity contribution in [2.45, 2.75) is 0 Å². The third kappa shape index (κ3) is 2.25. The van der Waals surface area contributed by atoms with E-state index in [0.717, 1.165) is 0 Å². The van der Waals surface area contributed by atoms with Gasteiger partial charge >= 0.3 is 0 Å². The molecular formula is C11H13N5O. The zero-order chi connectivity index (χ0) is 12.4. The molecule has 1 amide bonds. The molecule has 0 bridgehead atoms. The Bertz CT molecular complexity index is 546. The number of nitrogens with zero attached hydrogens (tertiary/aromatic N) is 4. The largest absolute Gasteiger partial charge is 0.399 e. The molecule has 0 unspecified atom stereocenters. The van der Waals surface area contributed by atoms with Gasteiger partial charge in [-0.15, -0.1) is 0 Å². The molecule has 0 atom stereocenters. The van der Waals surface area contributed by atoms with Gasteiger partial charge in [0.25, 0.3) is 5.91 Å². The van der Waals surface area contributed by atoms with E-state index < -0.39 is 0 Å². The van der Waals surface area contributed by atoms with Crippen molar-refractivity contribution in [2.24, 2.45) is 0 Å². The van der Waals surface area contributed by atoms with Crippen molar-refractivity contribution in [3.05, 3.63) is 36.3 Å². The Hall–Kier alpha value is -2.37. The number of hydrogen-bond donors (Lipinski definition) is 1. The number of rotatable bonds is 2. The van der Waals surface area contributed by atoms with Crippen molar-refractivity contribution in [1.29, 1.82) is 0 Å². The molecule has 2 rings (SSSR count). The summed E-state index contributed by atoms with van der Waals surface area (Å²) in [6.07, 6.45) is 3.28. The van der Waals surface area contributed by atoms with Gasteiger partial charge in [0.15, 0.2) is 11.5 Å². The van der Waals surface area contributed by atoms with Crippen molar-refractivity contribution in [3.8, 4) is 5.82 Å². The number of amides is 1. The van der Waals surface area contributed by atoms with Crippen LogP contribution in [0.4, 0.5) is 5.69 Å². The molecule has 0 aliphatic rings. The van der Waals surface area contributed by atoms with Gasteiger partial charge in [-0.3, -0.25) is 4.79 Å². The van der Waals surface area contributed by atoms with Crippen molar-refractivity contribution in [1.82, 2.24) is 19.7 Å². The van der Waals surface area contributed by atoms with Crippen LogP contribution in [-0.4, -0.2) is 39.7 Å². The van der Waals surface area contributed by atoms with E-state index in [1.807, 2.05) is 0 Å². The summed E-state index contributed by atoms with van der Waals surface area (Å²) in [5, 5.41) is 4.15. The minimum absolute atomic E-state index is 0.146. The lowest BCUT2D eigenvalue weighted by Crippen LogP contribution is -2.22. The van der Waals surface area contributed by atoms with E-state index in [1.165, 1.54) is 9.58 Å². The molecule has 88 valence electrons. The highest BCUT2D eigenvalue weighted by Gasteiger charge is 2.12. The SMILES string of the molecule is CN(C)C(=O)c1ccn(-c2cc(N)ccn2)n1. The fourth-order valence-electron chi connectivity index (χ4n) is 1.35. The first-order valence-electron chi connectivity index (χ1n) is 5.07. The fourth-order valence-corrected chi connectivity index (χ4v) is 1.35. The second kappa shape index (κ2) is 4.25. The number of aromatic nitrogens is 3. The topological polar surface area (TPSA) is 77.0 Å². The van der Waals surface area contributed by atoms with Crippen LogP contribution in [-0.2, 0) is 0 Å². The second-order valence-electron chi connectivity index (χ2n) is 3.79. The van der Waals surface area contributed by atoms with Gasteiger partial charge in [-0.05, 0) is 12.1 Å². The van der Waals surface area contributed by atoms with Crippen LogP contribution in [0.25, 0.3) is 5.82 Å². The van der Waals surface area contributed by atoms with Crippen LogP contribution in [0, 0.1) is 0 Å². The maximum Gasteiger partial charge on any atom is 0.273 e. The molecule has 2 aromatic heterocycles. The minimum atomic E-state index is -0.146. The third-order valence-electron chi connectivity index (χ3n) is 2.22. The Balaban J connectivity index is 2.33. The summed E-state index contributed by atoms with van der Waals surface area (Å²) < 4.78 is 1.52. The third-order valence-corrected chi connectivity index (χ3v) is 2.22. The van der Waals surface area contributed by atoms with Crippen molar-refractivity contribution in [2.75, 3.05) is 19.8 Å². The lowest BCUT2D eigenvalue weighted by molar-refractivity contribution is 0.0821. The summed E-state index contributed by atoms with van der Waals surface area (Å²) in [6, 6.07) is 5.03. The number of carbonyl (C=O) groups excluding carboxylic acids is 1. The summed E-state index contributed by atoms with van der Waals surface area (Å²) in [7, 11) is 3.36. The van der Waals surface area contributed by atoms with Crippen LogP contribution in [0.15, 0.2) is 30.6 Å². The first-order chi connectivity index (χ1) is 8.08. The van der Waals surface area contributed by atoms with Gasteiger partial charge in [0.1, 0.15) is 0 Å². The van der Waals surface area contributed by atoms with Gasteiger partial charge in [0.2, 0.25) is 0 Å². The minimum Gasteiger partial charge on any atom is -0.399 e. The van der Waals surface area contributed by atoms with E-state index in [9.17, 15) is 4.79 Å². The maximum atomic E-state index is 11.7. The smallest absolute Gasteiger partial charge is 0.273 e. The summed E-state index contributed by atoms with van der Waals surface area (Å²) in [6.45, 7) is 0. The Morgan fingerprint density at radius 3 is 2.82 bits per heavy atom. The number of pyridine rings is 1. The number of nitrogen functional groups attached to an aromatic ring is 1. The van der Waals surface area contributed by atoms with E-state index in [2.05, 4.69) is 10.1 Å². The van der Waals surface area contributed by atoms with E-state index in [4.69, 9.17) is 5.73 Å². The lowest BCUT2D eigenvalue weighted by atomic mass is 10.4. The van der Waals surface area contributed by atoms with Crippen LogP contribution in [0.2, 0.25) is 0 Å². The van der Waals surface area contributed by atoms with E-state index in [1.54, 1.807) is 44.7 Å². The summed E-state index contributed by atoms with van der Waals surface area (Å²) >= 11 is 0. The Morgan fingerprint density at radius 2 is 2.18 bits per heavy atom. The van der Waals surface area contributed by atoms with Crippen LogP contribution in [0.3, 0.4) is 0 Å². The molecule has 0 saturated heterocycles. The maximum absolute atomic E-state index is 11.7. The Kier molecular flexibility index (Phi) is 2.78. The van der Waals surface area contributed by atoms with Crippen LogP contribution in [0.1, 0.15) is 10.5 Å².